The summed E-state index contributed by atoms with van der Waals surface area (Å²) < 4.78 is 5.75. The molecule has 1 fully saturated rings. The molecule has 1 aromatic heterocycles. The number of aliphatic hydroxyl groups is 1. The molecule has 3 aromatic rings. The maximum absolute atomic E-state index is 10.0. The van der Waals surface area contributed by atoms with Gasteiger partial charge in [-0.25, -0.2) is 0 Å². The molecule has 1 aliphatic rings. The smallest absolute Gasteiger partial charge is 0.246 e. The Kier molecular flexibility index (Phi) is 3.88. The molecule has 3 N–H and O–H groups in total. The fraction of sp³-hybridized carbons (Fsp3) is 0.222. The average molecular weight is 322 g/mol. The number of nitrogens with one attached hydrogen (secondary N) is 2. The third-order valence-electron chi connectivity index (χ3n) is 3.94. The van der Waals surface area contributed by atoms with Gasteiger partial charge in [0.15, 0.2) is 5.82 Å². The normalized spacial score (nSPS) is 15.0. The molecule has 4 rings (SSSR count). The van der Waals surface area contributed by atoms with Crippen molar-refractivity contribution in [3.8, 4) is 11.5 Å². The van der Waals surface area contributed by atoms with Crippen LogP contribution in [0.2, 0.25) is 0 Å². The number of hydrogen-bond donors (Lipinski definition) is 3. The minimum Gasteiger partial charge on any atom is -0.457 e. The maximum Gasteiger partial charge on any atom is 0.246 e. The van der Waals surface area contributed by atoms with Gasteiger partial charge in [0.1, 0.15) is 17.6 Å². The van der Waals surface area contributed by atoms with E-state index in [4.69, 9.17) is 4.74 Å². The van der Waals surface area contributed by atoms with Gasteiger partial charge in [0.25, 0.3) is 0 Å². The summed E-state index contributed by atoms with van der Waals surface area (Å²) in [6.07, 6.45) is 1.55. The van der Waals surface area contributed by atoms with Crippen LogP contribution in [0.25, 0.3) is 0 Å². The molecule has 0 spiro atoms. The Balaban J connectivity index is 1.40. The van der Waals surface area contributed by atoms with Crippen LogP contribution in [-0.4, -0.2) is 20.3 Å². The van der Waals surface area contributed by atoms with E-state index in [1.165, 1.54) is 0 Å². The SMILES string of the molecule is OC(c1nc(Nc2ccc(Oc3ccccc3)cc2)n[nH]1)C1CC1. The molecule has 0 saturated heterocycles. The van der Waals surface area contributed by atoms with E-state index in [0.29, 0.717) is 17.7 Å². The predicted octanol–water partition coefficient (Wildman–Crippen LogP) is 3.78. The third-order valence-corrected chi connectivity index (χ3v) is 3.94. The van der Waals surface area contributed by atoms with E-state index in [1.54, 1.807) is 0 Å². The lowest BCUT2D eigenvalue weighted by atomic mass is 10.2. The molecule has 2 aromatic carbocycles. The minimum absolute atomic E-state index is 0.320. The number of aromatic nitrogens is 3. The first-order valence-electron chi connectivity index (χ1n) is 7.98. The van der Waals surface area contributed by atoms with Gasteiger partial charge in [-0.3, -0.25) is 5.10 Å². The maximum atomic E-state index is 10.0. The van der Waals surface area contributed by atoms with Crippen LogP contribution in [0.3, 0.4) is 0 Å². The van der Waals surface area contributed by atoms with Crippen LogP contribution in [0.1, 0.15) is 24.8 Å². The predicted molar refractivity (Wildman–Crippen MR) is 90.3 cm³/mol. The second kappa shape index (κ2) is 6.33. The Labute approximate surface area is 139 Å². The van der Waals surface area contributed by atoms with Crippen molar-refractivity contribution in [1.82, 2.24) is 15.2 Å². The van der Waals surface area contributed by atoms with Crippen LogP contribution in [0.5, 0.6) is 11.5 Å². The molecule has 0 amide bonds. The molecule has 24 heavy (non-hydrogen) atoms. The van der Waals surface area contributed by atoms with E-state index in [9.17, 15) is 5.11 Å². The Morgan fingerprint density at radius 2 is 1.75 bits per heavy atom. The summed E-state index contributed by atoms with van der Waals surface area (Å²) >= 11 is 0. The fourth-order valence-electron chi connectivity index (χ4n) is 2.46. The van der Waals surface area contributed by atoms with Crippen LogP contribution >= 0.6 is 0 Å². The zero-order valence-electron chi connectivity index (χ0n) is 13.0. The molecule has 0 radical (unpaired) electrons. The Morgan fingerprint density at radius 3 is 2.46 bits per heavy atom. The number of H-pyrrole nitrogens is 1. The van der Waals surface area contributed by atoms with Crippen LogP contribution in [0, 0.1) is 5.92 Å². The highest BCUT2D eigenvalue weighted by Crippen LogP contribution is 2.39. The summed E-state index contributed by atoms with van der Waals surface area (Å²) in [5.41, 5.74) is 0.849. The van der Waals surface area contributed by atoms with Gasteiger partial charge < -0.3 is 15.2 Å². The molecule has 6 nitrogen and oxygen atoms in total. The molecule has 1 saturated carbocycles. The van der Waals surface area contributed by atoms with Gasteiger partial charge in [-0.05, 0) is 55.2 Å². The number of hydrogen-bond acceptors (Lipinski definition) is 5. The molecule has 1 atom stereocenters. The van der Waals surface area contributed by atoms with Crippen LogP contribution < -0.4 is 10.1 Å². The van der Waals surface area contributed by atoms with Gasteiger partial charge in [0, 0.05) is 5.69 Å². The fourth-order valence-corrected chi connectivity index (χ4v) is 2.46. The molecule has 1 unspecified atom stereocenters. The lowest BCUT2D eigenvalue weighted by Crippen LogP contribution is -2.02. The third kappa shape index (κ3) is 3.38. The van der Waals surface area contributed by atoms with Crippen molar-refractivity contribution < 1.29 is 9.84 Å². The average Bonchev–Trinajstić information content (AvgIpc) is 3.36. The van der Waals surface area contributed by atoms with Crippen molar-refractivity contribution in [2.24, 2.45) is 5.92 Å². The molecular weight excluding hydrogens is 304 g/mol. The van der Waals surface area contributed by atoms with Gasteiger partial charge in [0.2, 0.25) is 5.95 Å². The summed E-state index contributed by atoms with van der Waals surface area (Å²) in [6, 6.07) is 17.2. The van der Waals surface area contributed by atoms with Crippen LogP contribution in [-0.2, 0) is 0 Å². The van der Waals surface area contributed by atoms with Crippen molar-refractivity contribution >= 4 is 11.6 Å². The summed E-state index contributed by atoms with van der Waals surface area (Å²) in [7, 11) is 0. The zero-order chi connectivity index (χ0) is 16.4. The molecule has 1 aliphatic carbocycles. The van der Waals surface area contributed by atoms with E-state index in [-0.39, 0.29) is 0 Å². The van der Waals surface area contributed by atoms with Crippen LogP contribution in [0.15, 0.2) is 54.6 Å². The summed E-state index contributed by atoms with van der Waals surface area (Å²) in [5.74, 6) is 2.84. The van der Waals surface area contributed by atoms with E-state index in [2.05, 4.69) is 20.5 Å². The first kappa shape index (κ1) is 14.7. The number of rotatable bonds is 6. The highest BCUT2D eigenvalue weighted by molar-refractivity contribution is 5.54. The number of aromatic amines is 1. The first-order valence-corrected chi connectivity index (χ1v) is 7.98. The lowest BCUT2D eigenvalue weighted by molar-refractivity contribution is 0.144. The van der Waals surface area contributed by atoms with E-state index < -0.39 is 6.10 Å². The second-order valence-electron chi connectivity index (χ2n) is 5.89. The Morgan fingerprint density at radius 1 is 1.04 bits per heavy atom. The molecular formula is C18H18N4O2. The monoisotopic (exact) mass is 322 g/mol. The first-order chi connectivity index (χ1) is 11.8. The summed E-state index contributed by atoms with van der Waals surface area (Å²) in [4.78, 5) is 4.30. The van der Waals surface area contributed by atoms with Crippen molar-refractivity contribution in [3.63, 3.8) is 0 Å². The quantitative estimate of drug-likeness (QED) is 0.643. The second-order valence-corrected chi connectivity index (χ2v) is 5.89. The molecule has 6 heteroatoms. The highest BCUT2D eigenvalue weighted by Gasteiger charge is 2.32. The lowest BCUT2D eigenvalue weighted by Gasteiger charge is -2.07. The van der Waals surface area contributed by atoms with Gasteiger partial charge in [-0.2, -0.15) is 4.98 Å². The Hall–Kier alpha value is -2.86. The number of para-hydroxylation sites is 1. The highest BCUT2D eigenvalue weighted by atomic mass is 16.5. The molecule has 0 aliphatic heterocycles. The van der Waals surface area contributed by atoms with Gasteiger partial charge in [0.05, 0.1) is 0 Å². The van der Waals surface area contributed by atoms with Crippen molar-refractivity contribution in [2.75, 3.05) is 5.32 Å². The summed E-state index contributed by atoms with van der Waals surface area (Å²) in [5, 5.41) is 20.0. The van der Waals surface area contributed by atoms with Crippen LogP contribution in [0.4, 0.5) is 11.6 Å². The van der Waals surface area contributed by atoms with E-state index >= 15 is 0 Å². The van der Waals surface area contributed by atoms with E-state index in [0.717, 1.165) is 30.0 Å². The minimum atomic E-state index is -0.547. The summed E-state index contributed by atoms with van der Waals surface area (Å²) in [6.45, 7) is 0. The zero-order valence-corrected chi connectivity index (χ0v) is 13.0. The number of ether oxygens (including phenoxy) is 1. The number of benzene rings is 2. The Bertz CT molecular complexity index is 797. The van der Waals surface area contributed by atoms with Crippen molar-refractivity contribution in [3.05, 3.63) is 60.4 Å². The number of aliphatic hydroxyl groups excluding tert-OH is 1. The largest absolute Gasteiger partial charge is 0.457 e. The molecule has 0 bridgehead atoms. The topological polar surface area (TPSA) is 83.1 Å². The van der Waals surface area contributed by atoms with Gasteiger partial charge in [-0.1, -0.05) is 18.2 Å². The van der Waals surface area contributed by atoms with Crippen molar-refractivity contribution in [1.29, 1.82) is 0 Å². The number of anilines is 2. The van der Waals surface area contributed by atoms with E-state index in [1.807, 2.05) is 54.6 Å². The standard InChI is InChI=1S/C18H18N4O2/c23-16(12-6-7-12)17-20-18(22-21-17)19-13-8-10-15(11-9-13)24-14-4-2-1-3-5-14/h1-5,8-12,16,23H,6-7H2,(H2,19,20,21,22). The van der Waals surface area contributed by atoms with Crippen molar-refractivity contribution in [2.45, 2.75) is 18.9 Å². The molecule has 1 heterocycles. The number of nitrogens with zero attached hydrogens (tertiary/aromatic N) is 2. The molecule has 122 valence electrons. The van der Waals surface area contributed by atoms with Gasteiger partial charge in [-0.15, -0.1) is 5.10 Å². The van der Waals surface area contributed by atoms with Gasteiger partial charge >= 0.3 is 0 Å².